The van der Waals surface area contributed by atoms with Gasteiger partial charge < -0.3 is 9.47 Å². The maximum atomic E-state index is 13.8. The molecule has 2 heterocycles. The van der Waals surface area contributed by atoms with E-state index in [-0.39, 0.29) is 18.3 Å². The Morgan fingerprint density at radius 3 is 2.71 bits per heavy atom. The van der Waals surface area contributed by atoms with Crippen LogP contribution in [0.25, 0.3) is 6.08 Å². The second-order valence-electron chi connectivity index (χ2n) is 8.17. The number of hydrogen-bond donors (Lipinski definition) is 0. The maximum absolute atomic E-state index is 13.8. The van der Waals surface area contributed by atoms with Crippen molar-refractivity contribution >= 4 is 50.9 Å². The third-order valence-electron chi connectivity index (χ3n) is 5.34. The minimum absolute atomic E-state index is 0.0282. The van der Waals surface area contributed by atoms with Gasteiger partial charge in [-0.15, -0.1) is 0 Å². The summed E-state index contributed by atoms with van der Waals surface area (Å²) in [6.07, 6.45) is 1.76. The summed E-state index contributed by atoms with van der Waals surface area (Å²) in [5, 5.41) is 0.447. The molecule has 0 saturated heterocycles. The van der Waals surface area contributed by atoms with Crippen LogP contribution in [0.3, 0.4) is 0 Å². The summed E-state index contributed by atoms with van der Waals surface area (Å²) in [5.41, 5.74) is 1.90. The molecule has 2 aromatic carbocycles. The zero-order valence-corrected chi connectivity index (χ0v) is 22.8. The second-order valence-corrected chi connectivity index (χ2v) is 10.5. The van der Waals surface area contributed by atoms with Gasteiger partial charge in [-0.2, -0.15) is 0 Å². The van der Waals surface area contributed by atoms with Crippen molar-refractivity contribution in [1.82, 2.24) is 4.57 Å². The lowest BCUT2D eigenvalue weighted by Crippen LogP contribution is -2.40. The largest absolute Gasteiger partial charge is 0.490 e. The van der Waals surface area contributed by atoms with Crippen LogP contribution in [0, 0.1) is 0 Å². The fourth-order valence-corrected chi connectivity index (χ4v) is 5.57. The summed E-state index contributed by atoms with van der Waals surface area (Å²) in [4.78, 5) is 31.8. The molecule has 1 aromatic heterocycles. The van der Waals surface area contributed by atoms with Gasteiger partial charge in [0.05, 0.1) is 28.5 Å². The van der Waals surface area contributed by atoms with Gasteiger partial charge in [0.25, 0.3) is 5.56 Å². The Bertz CT molecular complexity index is 1510. The number of thiazole rings is 1. The van der Waals surface area contributed by atoms with Crippen LogP contribution in [-0.4, -0.2) is 23.2 Å². The number of carbonyl (C=O) groups is 1. The lowest BCUT2D eigenvalue weighted by Gasteiger charge is -2.25. The number of aromatic nitrogens is 1. The molecule has 0 aliphatic carbocycles. The molecule has 3 aromatic rings. The summed E-state index contributed by atoms with van der Waals surface area (Å²) in [7, 11) is 0. The minimum atomic E-state index is -0.755. The van der Waals surface area contributed by atoms with E-state index in [1.165, 1.54) is 15.9 Å². The van der Waals surface area contributed by atoms with Crippen LogP contribution < -0.4 is 19.6 Å². The fraction of sp³-hybridized carbons (Fsp3) is 0.269. The Morgan fingerprint density at radius 1 is 1.29 bits per heavy atom. The summed E-state index contributed by atoms with van der Waals surface area (Å²) in [6.45, 7) is 7.58. The molecule has 0 saturated carbocycles. The molecule has 0 spiro atoms. The van der Waals surface area contributed by atoms with E-state index in [0.717, 1.165) is 10.0 Å². The van der Waals surface area contributed by atoms with Crippen LogP contribution in [0.1, 0.15) is 44.9 Å². The Morgan fingerprint density at radius 2 is 2.03 bits per heavy atom. The highest BCUT2D eigenvalue weighted by molar-refractivity contribution is 9.10. The first-order chi connectivity index (χ1) is 16.7. The predicted octanol–water partition coefficient (Wildman–Crippen LogP) is 5.00. The Hall–Kier alpha value is -2.68. The maximum Gasteiger partial charge on any atom is 0.338 e. The molecular weight excluding hydrogens is 552 g/mol. The van der Waals surface area contributed by atoms with E-state index < -0.39 is 12.0 Å². The quantitative estimate of drug-likeness (QED) is 0.388. The first-order valence-electron chi connectivity index (χ1n) is 11.1. The van der Waals surface area contributed by atoms with Gasteiger partial charge >= 0.3 is 5.97 Å². The van der Waals surface area contributed by atoms with E-state index in [9.17, 15) is 9.59 Å². The van der Waals surface area contributed by atoms with E-state index in [2.05, 4.69) is 20.9 Å². The van der Waals surface area contributed by atoms with Crippen molar-refractivity contribution in [3.8, 4) is 5.75 Å². The van der Waals surface area contributed by atoms with Crippen LogP contribution in [-0.2, 0) is 9.53 Å². The number of carbonyl (C=O) groups excluding carboxylic acids is 1. The van der Waals surface area contributed by atoms with Crippen molar-refractivity contribution in [2.24, 2.45) is 4.99 Å². The normalized spacial score (nSPS) is 15.7. The third kappa shape index (κ3) is 5.15. The van der Waals surface area contributed by atoms with Crippen LogP contribution in [0.5, 0.6) is 5.75 Å². The average Bonchev–Trinajstić information content (AvgIpc) is 3.09. The van der Waals surface area contributed by atoms with E-state index in [0.29, 0.717) is 36.9 Å². The molecule has 1 aliphatic heterocycles. The van der Waals surface area contributed by atoms with Crippen LogP contribution in [0.4, 0.5) is 0 Å². The monoisotopic (exact) mass is 574 g/mol. The van der Waals surface area contributed by atoms with Gasteiger partial charge in [0.15, 0.2) is 4.80 Å². The predicted molar refractivity (Wildman–Crippen MR) is 142 cm³/mol. The highest BCUT2D eigenvalue weighted by atomic mass is 79.9. The molecule has 9 heteroatoms. The SMILES string of the molecule is CCOC(=O)C1=C(C)N=c2s/c(=C\c3cc(Br)ccc3OC(C)C)c(=O)n2[C@@H]1c1ccccc1Cl. The number of ether oxygens (including phenoxy) is 2. The van der Waals surface area contributed by atoms with Gasteiger partial charge in [-0.25, -0.2) is 9.79 Å². The zero-order chi connectivity index (χ0) is 25.3. The number of nitrogens with zero attached hydrogens (tertiary/aromatic N) is 2. The van der Waals surface area contributed by atoms with Crippen LogP contribution in [0.15, 0.2) is 68.0 Å². The van der Waals surface area contributed by atoms with E-state index >= 15 is 0 Å². The first-order valence-corrected chi connectivity index (χ1v) is 13.1. The Balaban J connectivity index is 1.97. The second kappa shape index (κ2) is 10.5. The molecule has 0 amide bonds. The van der Waals surface area contributed by atoms with Crippen molar-refractivity contribution in [3.05, 3.63) is 94.0 Å². The summed E-state index contributed by atoms with van der Waals surface area (Å²) in [6, 6.07) is 12.1. The zero-order valence-electron chi connectivity index (χ0n) is 19.7. The van der Waals surface area contributed by atoms with Crippen molar-refractivity contribution in [3.63, 3.8) is 0 Å². The lowest BCUT2D eigenvalue weighted by molar-refractivity contribution is -0.139. The number of fused-ring (bicyclic) bond motifs is 1. The molecule has 35 heavy (non-hydrogen) atoms. The lowest BCUT2D eigenvalue weighted by atomic mass is 9.96. The molecule has 0 fully saturated rings. The molecule has 4 rings (SSSR count). The number of rotatable bonds is 6. The van der Waals surface area contributed by atoms with E-state index in [1.54, 1.807) is 32.1 Å². The highest BCUT2D eigenvalue weighted by Gasteiger charge is 2.34. The van der Waals surface area contributed by atoms with Gasteiger partial charge in [0.1, 0.15) is 11.8 Å². The number of allylic oxidation sites excluding steroid dienone is 1. The first kappa shape index (κ1) is 25.4. The number of benzene rings is 2. The van der Waals surface area contributed by atoms with E-state index in [1.807, 2.05) is 44.2 Å². The summed E-state index contributed by atoms with van der Waals surface area (Å²) in [5.74, 6) is 0.146. The topological polar surface area (TPSA) is 69.9 Å². The van der Waals surface area contributed by atoms with Gasteiger partial charge in [-0.05, 0) is 63.6 Å². The molecule has 0 bridgehead atoms. The van der Waals surface area contributed by atoms with Gasteiger partial charge in [-0.1, -0.05) is 57.1 Å². The standard InChI is InChI=1S/C26H24BrClN2O4S/c1-5-33-25(32)22-15(4)29-26-30(23(22)18-8-6-7-9-19(18)28)24(31)21(35-26)13-16-12-17(27)10-11-20(16)34-14(2)3/h6-14,23H,5H2,1-4H3/b21-13-/t23-/m1/s1. The summed E-state index contributed by atoms with van der Waals surface area (Å²) < 4.78 is 14.1. The highest BCUT2D eigenvalue weighted by Crippen LogP contribution is 2.34. The molecule has 6 nitrogen and oxygen atoms in total. The van der Waals surface area contributed by atoms with E-state index in [4.69, 9.17) is 21.1 Å². The van der Waals surface area contributed by atoms with Crippen molar-refractivity contribution in [2.45, 2.75) is 39.8 Å². The molecule has 0 radical (unpaired) electrons. The number of esters is 1. The average molecular weight is 576 g/mol. The molecule has 0 N–H and O–H groups in total. The number of hydrogen-bond acceptors (Lipinski definition) is 6. The summed E-state index contributed by atoms with van der Waals surface area (Å²) >= 11 is 11.3. The Labute approximate surface area is 220 Å². The van der Waals surface area contributed by atoms with Gasteiger partial charge in [0, 0.05) is 15.1 Å². The van der Waals surface area contributed by atoms with Gasteiger partial charge in [-0.3, -0.25) is 9.36 Å². The fourth-order valence-electron chi connectivity index (χ4n) is 3.92. The van der Waals surface area contributed by atoms with Crippen molar-refractivity contribution < 1.29 is 14.3 Å². The third-order valence-corrected chi connectivity index (χ3v) is 7.16. The minimum Gasteiger partial charge on any atom is -0.490 e. The molecule has 1 aliphatic rings. The van der Waals surface area contributed by atoms with Crippen molar-refractivity contribution in [2.75, 3.05) is 6.61 Å². The molecule has 1 atom stereocenters. The Kier molecular flexibility index (Phi) is 7.64. The molecule has 182 valence electrons. The van der Waals surface area contributed by atoms with Gasteiger partial charge in [0.2, 0.25) is 0 Å². The van der Waals surface area contributed by atoms with Crippen LogP contribution in [0.2, 0.25) is 5.02 Å². The van der Waals surface area contributed by atoms with Crippen LogP contribution >= 0.6 is 38.9 Å². The molecular formula is C26H24BrClN2O4S. The number of halogens is 2. The van der Waals surface area contributed by atoms with Crippen molar-refractivity contribution in [1.29, 1.82) is 0 Å². The molecule has 0 unspecified atom stereocenters. The smallest absolute Gasteiger partial charge is 0.338 e.